The van der Waals surface area contributed by atoms with Gasteiger partial charge in [-0.15, -0.1) is 0 Å². The first-order valence-electron chi connectivity index (χ1n) is 6.76. The molecule has 1 aliphatic rings. The molecular formula is C17H12BrNO3S. The van der Waals surface area contributed by atoms with Crippen LogP contribution in [0.4, 0.5) is 10.5 Å². The van der Waals surface area contributed by atoms with E-state index < -0.39 is 0 Å². The molecule has 2 aromatic carbocycles. The number of nitrogens with zero attached hydrogens (tertiary/aromatic N) is 1. The van der Waals surface area contributed by atoms with E-state index in [1.54, 1.807) is 37.5 Å². The van der Waals surface area contributed by atoms with Crippen LogP contribution in [-0.2, 0) is 4.79 Å². The molecule has 1 saturated heterocycles. The van der Waals surface area contributed by atoms with Crippen molar-refractivity contribution in [2.75, 3.05) is 12.0 Å². The van der Waals surface area contributed by atoms with Crippen molar-refractivity contribution in [2.45, 2.75) is 0 Å². The number of amides is 2. The molecule has 0 saturated carbocycles. The van der Waals surface area contributed by atoms with Gasteiger partial charge < -0.3 is 4.74 Å². The molecular weight excluding hydrogens is 378 g/mol. The maximum Gasteiger partial charge on any atom is 0.298 e. The van der Waals surface area contributed by atoms with Crippen molar-refractivity contribution in [3.05, 3.63) is 63.5 Å². The summed E-state index contributed by atoms with van der Waals surface area (Å²) in [5.74, 6) is 0.357. The molecule has 2 amide bonds. The van der Waals surface area contributed by atoms with Gasteiger partial charge in [-0.1, -0.05) is 28.1 Å². The minimum atomic E-state index is -0.315. The van der Waals surface area contributed by atoms with Crippen LogP contribution in [0.5, 0.6) is 5.75 Å². The number of rotatable bonds is 3. The lowest BCUT2D eigenvalue weighted by atomic mass is 10.2. The molecule has 1 heterocycles. The highest BCUT2D eigenvalue weighted by molar-refractivity contribution is 9.10. The topological polar surface area (TPSA) is 46.6 Å². The van der Waals surface area contributed by atoms with Crippen molar-refractivity contribution < 1.29 is 14.3 Å². The van der Waals surface area contributed by atoms with Gasteiger partial charge in [-0.2, -0.15) is 0 Å². The number of methoxy groups -OCH3 is 1. The van der Waals surface area contributed by atoms with Crippen LogP contribution in [0.1, 0.15) is 5.56 Å². The van der Waals surface area contributed by atoms with Crippen LogP contribution >= 0.6 is 27.7 Å². The summed E-state index contributed by atoms with van der Waals surface area (Å²) in [4.78, 5) is 26.3. The number of hydrogen-bond acceptors (Lipinski definition) is 4. The van der Waals surface area contributed by atoms with Crippen molar-refractivity contribution in [1.82, 2.24) is 0 Å². The smallest absolute Gasteiger partial charge is 0.298 e. The number of anilines is 1. The zero-order chi connectivity index (χ0) is 16.4. The summed E-state index contributed by atoms with van der Waals surface area (Å²) in [5, 5.41) is -0.304. The summed E-state index contributed by atoms with van der Waals surface area (Å²) in [6.07, 6.45) is 1.72. The van der Waals surface area contributed by atoms with E-state index in [1.165, 1.54) is 4.90 Å². The van der Waals surface area contributed by atoms with Gasteiger partial charge in [0.05, 0.1) is 17.7 Å². The Morgan fingerprint density at radius 1 is 1.13 bits per heavy atom. The molecule has 3 rings (SSSR count). The third-order valence-electron chi connectivity index (χ3n) is 3.27. The third-order valence-corrected chi connectivity index (χ3v) is 4.63. The van der Waals surface area contributed by atoms with E-state index >= 15 is 0 Å². The standard InChI is InChI=1S/C17H12BrNO3S/c1-22-14-7-5-13(6-8-14)19-16(20)15(23-17(19)21)10-11-3-2-4-12(18)9-11/h2-10H,1H3. The lowest BCUT2D eigenvalue weighted by molar-refractivity contribution is -0.113. The molecule has 2 aromatic rings. The average Bonchev–Trinajstić information content (AvgIpc) is 2.81. The second-order valence-electron chi connectivity index (χ2n) is 4.77. The molecule has 0 unspecified atom stereocenters. The van der Waals surface area contributed by atoms with Crippen molar-refractivity contribution in [2.24, 2.45) is 0 Å². The number of ether oxygens (including phenoxy) is 1. The largest absolute Gasteiger partial charge is 0.497 e. The quantitative estimate of drug-likeness (QED) is 0.713. The normalized spacial score (nSPS) is 16.3. The minimum Gasteiger partial charge on any atom is -0.497 e. The van der Waals surface area contributed by atoms with Crippen LogP contribution in [-0.4, -0.2) is 18.3 Å². The van der Waals surface area contributed by atoms with Crippen molar-refractivity contribution in [1.29, 1.82) is 0 Å². The van der Waals surface area contributed by atoms with Crippen LogP contribution in [0.15, 0.2) is 57.9 Å². The van der Waals surface area contributed by atoms with Crippen molar-refractivity contribution in [3.8, 4) is 5.75 Å². The van der Waals surface area contributed by atoms with E-state index in [-0.39, 0.29) is 11.1 Å². The lowest BCUT2D eigenvalue weighted by Gasteiger charge is -2.12. The van der Waals surface area contributed by atoms with Crippen LogP contribution in [0.25, 0.3) is 6.08 Å². The fourth-order valence-corrected chi connectivity index (χ4v) is 3.43. The Morgan fingerprint density at radius 2 is 1.87 bits per heavy atom. The molecule has 1 aliphatic heterocycles. The predicted molar refractivity (Wildman–Crippen MR) is 95.6 cm³/mol. The molecule has 6 heteroatoms. The number of imide groups is 1. The molecule has 23 heavy (non-hydrogen) atoms. The zero-order valence-corrected chi connectivity index (χ0v) is 14.6. The first-order valence-corrected chi connectivity index (χ1v) is 8.37. The summed E-state index contributed by atoms with van der Waals surface area (Å²) in [5.41, 5.74) is 1.39. The van der Waals surface area contributed by atoms with E-state index in [4.69, 9.17) is 4.74 Å². The van der Waals surface area contributed by atoms with Crippen LogP contribution in [0.2, 0.25) is 0 Å². The first kappa shape index (κ1) is 15.8. The Bertz CT molecular complexity index is 802. The maximum absolute atomic E-state index is 12.5. The Morgan fingerprint density at radius 3 is 2.52 bits per heavy atom. The Hall–Kier alpha value is -2.05. The van der Waals surface area contributed by atoms with Crippen LogP contribution in [0, 0.1) is 0 Å². The number of hydrogen-bond donors (Lipinski definition) is 0. The van der Waals surface area contributed by atoms with Gasteiger partial charge in [-0.3, -0.25) is 9.59 Å². The summed E-state index contributed by atoms with van der Waals surface area (Å²) in [6, 6.07) is 14.4. The van der Waals surface area contributed by atoms with Crippen molar-refractivity contribution in [3.63, 3.8) is 0 Å². The average molecular weight is 390 g/mol. The zero-order valence-electron chi connectivity index (χ0n) is 12.2. The summed E-state index contributed by atoms with van der Waals surface area (Å²) < 4.78 is 6.00. The molecule has 0 aliphatic carbocycles. The highest BCUT2D eigenvalue weighted by atomic mass is 79.9. The summed E-state index contributed by atoms with van der Waals surface area (Å²) >= 11 is 4.33. The molecule has 1 fully saturated rings. The molecule has 116 valence electrons. The Kier molecular flexibility index (Phi) is 4.54. The minimum absolute atomic E-state index is 0.304. The van der Waals surface area contributed by atoms with E-state index in [0.717, 1.165) is 21.8 Å². The van der Waals surface area contributed by atoms with Gasteiger partial charge in [0.2, 0.25) is 0 Å². The maximum atomic E-state index is 12.5. The van der Waals surface area contributed by atoms with Gasteiger partial charge in [-0.25, -0.2) is 4.90 Å². The fraction of sp³-hybridized carbons (Fsp3) is 0.0588. The van der Waals surface area contributed by atoms with Crippen LogP contribution < -0.4 is 9.64 Å². The second kappa shape index (κ2) is 6.60. The number of halogens is 1. The highest BCUT2D eigenvalue weighted by Crippen LogP contribution is 2.36. The van der Waals surface area contributed by atoms with Gasteiger partial charge in [0.1, 0.15) is 5.75 Å². The van der Waals surface area contributed by atoms with Gasteiger partial charge >= 0.3 is 0 Å². The Balaban J connectivity index is 1.90. The monoisotopic (exact) mass is 389 g/mol. The molecule has 0 atom stereocenters. The number of thioether (sulfide) groups is 1. The number of carbonyl (C=O) groups excluding carboxylic acids is 2. The van der Waals surface area contributed by atoms with Gasteiger partial charge in [0.15, 0.2) is 0 Å². The van der Waals surface area contributed by atoms with E-state index in [1.807, 2.05) is 24.3 Å². The SMILES string of the molecule is COc1ccc(N2C(=O)SC(=Cc3cccc(Br)c3)C2=O)cc1. The van der Waals surface area contributed by atoms with Gasteiger partial charge in [0, 0.05) is 4.47 Å². The fourth-order valence-electron chi connectivity index (χ4n) is 2.17. The lowest BCUT2D eigenvalue weighted by Crippen LogP contribution is -2.27. The van der Waals surface area contributed by atoms with E-state index in [9.17, 15) is 9.59 Å². The number of benzene rings is 2. The molecule has 0 radical (unpaired) electrons. The van der Waals surface area contributed by atoms with Crippen molar-refractivity contribution >= 4 is 50.6 Å². The van der Waals surface area contributed by atoms with E-state index in [2.05, 4.69) is 15.9 Å². The predicted octanol–water partition coefficient (Wildman–Crippen LogP) is 4.70. The first-order chi connectivity index (χ1) is 11.1. The van der Waals surface area contributed by atoms with Gasteiger partial charge in [0.25, 0.3) is 11.1 Å². The second-order valence-corrected chi connectivity index (χ2v) is 6.68. The molecule has 0 bridgehead atoms. The summed E-state index contributed by atoms with van der Waals surface area (Å²) in [6.45, 7) is 0. The number of carbonyl (C=O) groups is 2. The molecule has 0 N–H and O–H groups in total. The molecule has 0 spiro atoms. The molecule has 0 aromatic heterocycles. The third kappa shape index (κ3) is 3.33. The highest BCUT2D eigenvalue weighted by Gasteiger charge is 2.36. The Labute approximate surface area is 146 Å². The molecule has 4 nitrogen and oxygen atoms in total. The van der Waals surface area contributed by atoms with Crippen LogP contribution in [0.3, 0.4) is 0 Å². The van der Waals surface area contributed by atoms with E-state index in [0.29, 0.717) is 16.3 Å². The van der Waals surface area contributed by atoms with Gasteiger partial charge in [-0.05, 0) is 59.8 Å². The summed E-state index contributed by atoms with van der Waals surface area (Å²) in [7, 11) is 1.57.